The van der Waals surface area contributed by atoms with Gasteiger partial charge in [0.25, 0.3) is 0 Å². The van der Waals surface area contributed by atoms with Crippen LogP contribution in [0.2, 0.25) is 0 Å². The Morgan fingerprint density at radius 3 is 2.29 bits per heavy atom. The molecule has 0 saturated carbocycles. The predicted molar refractivity (Wildman–Crippen MR) is 73.2 cm³/mol. The van der Waals surface area contributed by atoms with E-state index in [1.165, 1.54) is 44.9 Å². The van der Waals surface area contributed by atoms with Crippen molar-refractivity contribution in [3.63, 3.8) is 0 Å². The van der Waals surface area contributed by atoms with Crippen LogP contribution < -0.4 is 0 Å². The lowest BCUT2D eigenvalue weighted by molar-refractivity contribution is 0.605. The number of thiocarbonyl (C=S) groups is 1. The Hall–Kier alpha value is 0.180. The molecule has 0 bridgehead atoms. The molecule has 82 valence electrons. The number of hydrogen-bond donors (Lipinski definition) is 0. The van der Waals surface area contributed by atoms with Gasteiger partial charge in [0.05, 0.1) is 0 Å². The predicted octanol–water partition coefficient (Wildman–Crippen LogP) is 4.98. The van der Waals surface area contributed by atoms with E-state index in [2.05, 4.69) is 12.8 Å². The van der Waals surface area contributed by atoms with E-state index >= 15 is 0 Å². The molecule has 0 aliphatic heterocycles. The third-order valence-electron chi connectivity index (χ3n) is 2.27. The molecule has 0 amide bonds. The molecule has 0 fully saturated rings. The van der Waals surface area contributed by atoms with Gasteiger partial charge in [-0.05, 0) is 31.9 Å². The normalized spacial score (nSPS) is 10.1. The van der Waals surface area contributed by atoms with E-state index in [1.807, 2.05) is 6.08 Å². The fourth-order valence-electron chi connectivity index (χ4n) is 1.37. The van der Waals surface area contributed by atoms with Crippen molar-refractivity contribution in [1.29, 1.82) is 0 Å². The minimum Gasteiger partial charge on any atom is -0.122 e. The first-order valence-electron chi connectivity index (χ1n) is 5.49. The van der Waals surface area contributed by atoms with Gasteiger partial charge in [-0.1, -0.05) is 44.0 Å². The molecule has 0 aromatic rings. The van der Waals surface area contributed by atoms with Crippen molar-refractivity contribution in [1.82, 2.24) is 0 Å². The summed E-state index contributed by atoms with van der Waals surface area (Å²) < 4.78 is 1.16. The van der Waals surface area contributed by atoms with E-state index in [0.29, 0.717) is 0 Å². The van der Waals surface area contributed by atoms with Crippen LogP contribution in [0.4, 0.5) is 0 Å². The number of hydrogen-bond acceptors (Lipinski definition) is 2. The Kier molecular flexibility index (Phi) is 11.4. The van der Waals surface area contributed by atoms with E-state index in [0.717, 1.165) is 10.6 Å². The van der Waals surface area contributed by atoms with Crippen LogP contribution in [-0.4, -0.2) is 10.5 Å². The van der Waals surface area contributed by atoms with Crippen molar-refractivity contribution in [2.45, 2.75) is 51.4 Å². The van der Waals surface area contributed by atoms with Crippen LogP contribution in [0.3, 0.4) is 0 Å². The first-order chi connectivity index (χ1) is 6.81. The number of rotatable bonds is 9. The second-order valence-electron chi connectivity index (χ2n) is 3.52. The molecule has 0 heterocycles. The summed E-state index contributed by atoms with van der Waals surface area (Å²) in [5.41, 5.74) is 0. The van der Waals surface area contributed by atoms with Gasteiger partial charge in [0.1, 0.15) is 0 Å². The van der Waals surface area contributed by atoms with Gasteiger partial charge in [-0.2, -0.15) is 0 Å². The first kappa shape index (κ1) is 14.2. The Morgan fingerprint density at radius 2 is 1.71 bits per heavy atom. The molecule has 0 saturated heterocycles. The molecule has 14 heavy (non-hydrogen) atoms. The third kappa shape index (κ3) is 10.3. The molecule has 0 rings (SSSR count). The maximum absolute atomic E-state index is 5.14. The van der Waals surface area contributed by atoms with Crippen molar-refractivity contribution in [3.05, 3.63) is 12.7 Å². The fourth-order valence-corrected chi connectivity index (χ4v) is 1.86. The molecule has 0 aliphatic rings. The largest absolute Gasteiger partial charge is 0.122 e. The van der Waals surface area contributed by atoms with Crippen molar-refractivity contribution >= 4 is 28.2 Å². The number of thioether (sulfide) groups is 1. The smallest absolute Gasteiger partial charge is 0.0475 e. The Morgan fingerprint density at radius 1 is 1.14 bits per heavy atom. The van der Waals surface area contributed by atoms with Gasteiger partial charge in [-0.3, -0.25) is 0 Å². The van der Waals surface area contributed by atoms with Crippen LogP contribution >= 0.6 is 24.0 Å². The molecule has 0 atom stereocenters. The highest BCUT2D eigenvalue weighted by molar-refractivity contribution is 8.22. The lowest BCUT2D eigenvalue weighted by Crippen LogP contribution is -1.87. The maximum atomic E-state index is 5.14. The molecule has 0 aromatic carbocycles. The molecule has 0 aromatic heterocycles. The van der Waals surface area contributed by atoms with Crippen LogP contribution in [0, 0.1) is 0 Å². The van der Waals surface area contributed by atoms with Gasteiger partial charge in [-0.15, -0.1) is 18.3 Å². The quantitative estimate of drug-likeness (QED) is 0.311. The van der Waals surface area contributed by atoms with E-state index in [4.69, 9.17) is 12.2 Å². The summed E-state index contributed by atoms with van der Waals surface area (Å²) >= 11 is 6.86. The summed E-state index contributed by atoms with van der Waals surface area (Å²) in [6.07, 6.45) is 14.4. The van der Waals surface area contributed by atoms with Gasteiger partial charge < -0.3 is 0 Å². The van der Waals surface area contributed by atoms with E-state index in [-0.39, 0.29) is 0 Å². The Balaban J connectivity index is 2.98. The second-order valence-corrected chi connectivity index (χ2v) is 5.18. The SMILES string of the molecule is C=CCCCCCCCCC(=S)SC. The van der Waals surface area contributed by atoms with Crippen molar-refractivity contribution in [3.8, 4) is 0 Å². The number of unbranched alkanes of at least 4 members (excludes halogenated alkanes) is 6. The first-order valence-corrected chi connectivity index (χ1v) is 7.12. The number of allylic oxidation sites excluding steroid dienone is 1. The Labute approximate surface area is 98.5 Å². The standard InChI is InChI=1S/C12H22S2/c1-3-4-5-6-7-8-9-10-11-12(13)14-2/h3H,1,4-11H2,2H3. The zero-order chi connectivity index (χ0) is 10.6. The van der Waals surface area contributed by atoms with Crippen LogP contribution in [0.1, 0.15) is 51.4 Å². The average Bonchev–Trinajstić information content (AvgIpc) is 2.21. The molecule has 0 spiro atoms. The van der Waals surface area contributed by atoms with Gasteiger partial charge in [0, 0.05) is 4.20 Å². The summed E-state index contributed by atoms with van der Waals surface area (Å²) in [7, 11) is 0. The lowest BCUT2D eigenvalue weighted by Gasteiger charge is -2.01. The zero-order valence-corrected chi connectivity index (χ0v) is 10.9. The summed E-state index contributed by atoms with van der Waals surface area (Å²) in [5, 5.41) is 0. The highest BCUT2D eigenvalue weighted by atomic mass is 32.2. The monoisotopic (exact) mass is 230 g/mol. The summed E-state index contributed by atoms with van der Waals surface area (Å²) in [6, 6.07) is 0. The van der Waals surface area contributed by atoms with Crippen molar-refractivity contribution < 1.29 is 0 Å². The summed E-state index contributed by atoms with van der Waals surface area (Å²) in [5.74, 6) is 0. The highest BCUT2D eigenvalue weighted by Crippen LogP contribution is 2.12. The van der Waals surface area contributed by atoms with Gasteiger partial charge in [-0.25, -0.2) is 0 Å². The maximum Gasteiger partial charge on any atom is 0.0475 e. The van der Waals surface area contributed by atoms with Crippen molar-refractivity contribution in [2.24, 2.45) is 0 Å². The third-order valence-corrected chi connectivity index (χ3v) is 3.63. The van der Waals surface area contributed by atoms with Crippen molar-refractivity contribution in [2.75, 3.05) is 6.26 Å². The molecular formula is C12H22S2. The van der Waals surface area contributed by atoms with Crippen LogP contribution in [0.5, 0.6) is 0 Å². The van der Waals surface area contributed by atoms with Crippen LogP contribution in [-0.2, 0) is 0 Å². The van der Waals surface area contributed by atoms with Crippen LogP contribution in [0.25, 0.3) is 0 Å². The molecule has 0 N–H and O–H groups in total. The molecular weight excluding hydrogens is 208 g/mol. The van der Waals surface area contributed by atoms with Gasteiger partial charge in [0.15, 0.2) is 0 Å². The van der Waals surface area contributed by atoms with E-state index < -0.39 is 0 Å². The summed E-state index contributed by atoms with van der Waals surface area (Å²) in [4.78, 5) is 0. The molecule has 2 heteroatoms. The second kappa shape index (κ2) is 11.3. The fraction of sp³-hybridized carbons (Fsp3) is 0.750. The van der Waals surface area contributed by atoms with E-state index in [9.17, 15) is 0 Å². The average molecular weight is 230 g/mol. The van der Waals surface area contributed by atoms with Gasteiger partial charge in [0.2, 0.25) is 0 Å². The van der Waals surface area contributed by atoms with Gasteiger partial charge >= 0.3 is 0 Å². The minimum atomic E-state index is 1.13. The molecule has 0 aliphatic carbocycles. The van der Waals surface area contributed by atoms with Crippen LogP contribution in [0.15, 0.2) is 12.7 Å². The zero-order valence-electron chi connectivity index (χ0n) is 9.26. The topological polar surface area (TPSA) is 0 Å². The minimum absolute atomic E-state index is 1.13. The summed E-state index contributed by atoms with van der Waals surface area (Å²) in [6.45, 7) is 3.72. The Bertz CT molecular complexity index is 152. The molecule has 0 radical (unpaired) electrons. The van der Waals surface area contributed by atoms with E-state index in [1.54, 1.807) is 11.8 Å². The highest BCUT2D eigenvalue weighted by Gasteiger charge is 1.94. The molecule has 0 nitrogen and oxygen atoms in total. The molecule has 0 unspecified atom stereocenters. The lowest BCUT2D eigenvalue weighted by atomic mass is 10.1.